The Morgan fingerprint density at radius 1 is 1.10 bits per heavy atom. The summed E-state index contributed by atoms with van der Waals surface area (Å²) >= 11 is 0. The second-order valence-electron chi connectivity index (χ2n) is 5.31. The molecule has 1 aromatic carbocycles. The maximum atomic E-state index is 11.6. The summed E-state index contributed by atoms with van der Waals surface area (Å²) in [4.78, 5) is 23.1. The van der Waals surface area contributed by atoms with Gasteiger partial charge in [0.15, 0.2) is 6.61 Å². The molecule has 1 atom stereocenters. The number of ether oxygens (including phenoxy) is 3. The van der Waals surface area contributed by atoms with Crippen LogP contribution in [0.4, 0.5) is 0 Å². The van der Waals surface area contributed by atoms with Crippen LogP contribution in [-0.4, -0.2) is 24.8 Å². The molecule has 5 heteroatoms. The lowest BCUT2D eigenvalue weighted by Gasteiger charge is -2.20. The molecule has 0 spiro atoms. The van der Waals surface area contributed by atoms with Crippen molar-refractivity contribution in [3.63, 3.8) is 0 Å². The highest BCUT2D eigenvalue weighted by Gasteiger charge is 2.26. The quantitative estimate of drug-likeness (QED) is 0.612. The zero-order chi connectivity index (χ0) is 15.2. The van der Waals surface area contributed by atoms with E-state index in [9.17, 15) is 9.59 Å². The monoisotopic (exact) mass is 280 g/mol. The Bertz CT molecular complexity index is 447. The highest BCUT2D eigenvalue weighted by molar-refractivity contribution is 5.76. The maximum Gasteiger partial charge on any atom is 0.347 e. The fourth-order valence-corrected chi connectivity index (χ4v) is 1.23. The molecule has 0 N–H and O–H groups in total. The minimum Gasteiger partial charge on any atom is -0.482 e. The van der Waals surface area contributed by atoms with E-state index >= 15 is 0 Å². The highest BCUT2D eigenvalue weighted by atomic mass is 16.7. The first-order valence-electron chi connectivity index (χ1n) is 6.37. The summed E-state index contributed by atoms with van der Waals surface area (Å²) in [7, 11) is 0. The van der Waals surface area contributed by atoms with E-state index in [1.54, 1.807) is 45.0 Å². The third kappa shape index (κ3) is 5.73. The third-order valence-corrected chi connectivity index (χ3v) is 2.28. The highest BCUT2D eigenvalue weighted by Crippen LogP contribution is 2.16. The van der Waals surface area contributed by atoms with Crippen molar-refractivity contribution in [3.8, 4) is 5.75 Å². The molecule has 5 nitrogen and oxygen atoms in total. The molecule has 20 heavy (non-hydrogen) atoms. The summed E-state index contributed by atoms with van der Waals surface area (Å²) in [6.07, 6.45) is -0.936. The summed E-state index contributed by atoms with van der Waals surface area (Å²) in [6.45, 7) is 6.43. The van der Waals surface area contributed by atoms with Gasteiger partial charge in [0.25, 0.3) is 0 Å². The van der Waals surface area contributed by atoms with Gasteiger partial charge in [0.2, 0.25) is 6.29 Å². The Kier molecular flexibility index (Phi) is 5.55. The average Bonchev–Trinajstić information content (AvgIpc) is 2.36. The van der Waals surface area contributed by atoms with E-state index in [2.05, 4.69) is 0 Å². The number of carbonyl (C=O) groups excluding carboxylic acids is 2. The van der Waals surface area contributed by atoms with Crippen LogP contribution in [0, 0.1) is 5.41 Å². The summed E-state index contributed by atoms with van der Waals surface area (Å²) in [5.74, 6) is -0.450. The van der Waals surface area contributed by atoms with Crippen LogP contribution in [0.5, 0.6) is 5.75 Å². The van der Waals surface area contributed by atoms with Gasteiger partial charge in [-0.25, -0.2) is 4.79 Å². The maximum absolute atomic E-state index is 11.6. The number of carbonyl (C=O) groups is 2. The third-order valence-electron chi connectivity index (χ3n) is 2.28. The molecule has 0 radical (unpaired) electrons. The van der Waals surface area contributed by atoms with Crippen molar-refractivity contribution in [1.29, 1.82) is 0 Å². The zero-order valence-electron chi connectivity index (χ0n) is 12.2. The first-order valence-corrected chi connectivity index (χ1v) is 6.37. The van der Waals surface area contributed by atoms with Crippen molar-refractivity contribution < 1.29 is 23.8 Å². The fraction of sp³-hybridized carbons (Fsp3) is 0.467. The smallest absolute Gasteiger partial charge is 0.347 e. The number of esters is 2. The lowest BCUT2D eigenvalue weighted by atomic mass is 9.97. The van der Waals surface area contributed by atoms with Gasteiger partial charge in [0.1, 0.15) is 5.75 Å². The molecular formula is C15H20O5. The molecule has 0 fully saturated rings. The van der Waals surface area contributed by atoms with Crippen LogP contribution in [0.25, 0.3) is 0 Å². The number of hydrogen-bond donors (Lipinski definition) is 0. The van der Waals surface area contributed by atoms with E-state index in [1.165, 1.54) is 6.92 Å². The van der Waals surface area contributed by atoms with Crippen LogP contribution >= 0.6 is 0 Å². The van der Waals surface area contributed by atoms with Crippen LogP contribution in [0.1, 0.15) is 27.7 Å². The van der Waals surface area contributed by atoms with E-state index in [0.717, 1.165) is 0 Å². The molecular weight excluding hydrogens is 260 g/mol. The summed E-state index contributed by atoms with van der Waals surface area (Å²) in [5.41, 5.74) is -0.638. The van der Waals surface area contributed by atoms with Crippen molar-refractivity contribution in [2.24, 2.45) is 5.41 Å². The van der Waals surface area contributed by atoms with E-state index in [0.29, 0.717) is 5.75 Å². The van der Waals surface area contributed by atoms with Gasteiger partial charge in [-0.1, -0.05) is 18.2 Å². The van der Waals surface area contributed by atoms with E-state index in [-0.39, 0.29) is 6.61 Å². The van der Waals surface area contributed by atoms with Gasteiger partial charge in [0, 0.05) is 6.92 Å². The summed E-state index contributed by atoms with van der Waals surface area (Å²) in [5, 5.41) is 0. The molecule has 0 amide bonds. The molecule has 0 heterocycles. The van der Waals surface area contributed by atoms with Gasteiger partial charge in [0.05, 0.1) is 5.41 Å². The van der Waals surface area contributed by atoms with E-state index < -0.39 is 23.6 Å². The van der Waals surface area contributed by atoms with Crippen LogP contribution in [0.2, 0.25) is 0 Å². The molecule has 0 bridgehead atoms. The van der Waals surface area contributed by atoms with Crippen LogP contribution < -0.4 is 4.74 Å². The Hall–Kier alpha value is -2.04. The fourth-order valence-electron chi connectivity index (χ4n) is 1.23. The van der Waals surface area contributed by atoms with Gasteiger partial charge < -0.3 is 14.2 Å². The normalized spacial score (nSPS) is 12.4. The molecule has 1 rings (SSSR count). The Morgan fingerprint density at radius 2 is 1.70 bits per heavy atom. The van der Waals surface area contributed by atoms with Crippen molar-refractivity contribution >= 4 is 11.9 Å². The van der Waals surface area contributed by atoms with Gasteiger partial charge in [-0.05, 0) is 32.9 Å². The summed E-state index contributed by atoms with van der Waals surface area (Å²) < 4.78 is 15.2. The lowest BCUT2D eigenvalue weighted by molar-refractivity contribution is -0.191. The first-order chi connectivity index (χ1) is 9.29. The SMILES string of the molecule is CC(OC(=O)COc1ccccc1)OC(=O)C(C)(C)C. The minimum absolute atomic E-state index is 0.235. The largest absolute Gasteiger partial charge is 0.482 e. The number of rotatable bonds is 5. The molecule has 0 saturated carbocycles. The second-order valence-corrected chi connectivity index (χ2v) is 5.31. The van der Waals surface area contributed by atoms with E-state index in [4.69, 9.17) is 14.2 Å². The molecule has 0 aliphatic carbocycles. The zero-order valence-corrected chi connectivity index (χ0v) is 12.2. The molecule has 1 unspecified atom stereocenters. The van der Waals surface area contributed by atoms with Gasteiger partial charge in [-0.2, -0.15) is 0 Å². The van der Waals surface area contributed by atoms with Gasteiger partial charge in [-0.15, -0.1) is 0 Å². The molecule has 0 aromatic heterocycles. The molecule has 110 valence electrons. The standard InChI is InChI=1S/C15H20O5/c1-11(20-14(17)15(2,3)4)19-13(16)10-18-12-8-6-5-7-9-12/h5-9,11H,10H2,1-4H3. The molecule has 1 aromatic rings. The van der Waals surface area contributed by atoms with Crippen LogP contribution in [0.15, 0.2) is 30.3 Å². The van der Waals surface area contributed by atoms with Gasteiger partial charge >= 0.3 is 11.9 Å². The van der Waals surface area contributed by atoms with Crippen LogP contribution in [0.3, 0.4) is 0 Å². The summed E-state index contributed by atoms with van der Waals surface area (Å²) in [6, 6.07) is 8.91. The number of para-hydroxylation sites is 1. The molecule has 0 saturated heterocycles. The average molecular weight is 280 g/mol. The predicted octanol–water partition coefficient (Wildman–Crippen LogP) is 2.54. The predicted molar refractivity (Wildman–Crippen MR) is 73.0 cm³/mol. The minimum atomic E-state index is -0.936. The number of hydrogen-bond acceptors (Lipinski definition) is 5. The topological polar surface area (TPSA) is 61.8 Å². The molecule has 0 aliphatic rings. The Morgan fingerprint density at radius 3 is 2.25 bits per heavy atom. The Balaban J connectivity index is 2.33. The first kappa shape index (κ1) is 16.0. The lowest BCUT2D eigenvalue weighted by Crippen LogP contribution is -2.30. The van der Waals surface area contributed by atoms with Crippen molar-refractivity contribution in [1.82, 2.24) is 0 Å². The second kappa shape index (κ2) is 6.93. The van der Waals surface area contributed by atoms with Crippen molar-refractivity contribution in [3.05, 3.63) is 30.3 Å². The van der Waals surface area contributed by atoms with E-state index in [1.807, 2.05) is 6.07 Å². The van der Waals surface area contributed by atoms with Crippen molar-refractivity contribution in [2.75, 3.05) is 6.61 Å². The Labute approximate surface area is 118 Å². The van der Waals surface area contributed by atoms with Crippen LogP contribution in [-0.2, 0) is 19.1 Å². The molecule has 0 aliphatic heterocycles. The number of benzene rings is 1. The van der Waals surface area contributed by atoms with Gasteiger partial charge in [-0.3, -0.25) is 4.79 Å². The van der Waals surface area contributed by atoms with Crippen molar-refractivity contribution in [2.45, 2.75) is 34.0 Å².